The third kappa shape index (κ3) is 8.36. The quantitative estimate of drug-likeness (QED) is 0.0959. The van der Waals surface area contributed by atoms with Crippen molar-refractivity contribution in [1.82, 2.24) is 4.90 Å². The lowest BCUT2D eigenvalue weighted by Crippen LogP contribution is -2.51. The average molecular weight is 786 g/mol. The van der Waals surface area contributed by atoms with Gasteiger partial charge in [0.15, 0.2) is 17.6 Å². The van der Waals surface area contributed by atoms with Gasteiger partial charge in [0.1, 0.15) is 22.9 Å². The molecule has 1 aromatic carbocycles. The molecule has 1 saturated heterocycles. The Labute approximate surface area is 330 Å². The number of fused-ring (bicyclic) bond motifs is 3. The molecule has 0 saturated carbocycles. The Morgan fingerprint density at radius 3 is 2.25 bits per heavy atom. The van der Waals surface area contributed by atoms with E-state index in [0.29, 0.717) is 28.8 Å². The zero-order chi connectivity index (χ0) is 40.2. The third-order valence-electron chi connectivity index (χ3n) is 11.1. The molecule has 0 N–H and O–H groups in total. The molecular formula is C43H47NO13. The van der Waals surface area contributed by atoms with Crippen LogP contribution in [0.4, 0.5) is 0 Å². The number of hydrogen-bond donors (Lipinski definition) is 0. The number of rotatable bonds is 15. The van der Waals surface area contributed by atoms with E-state index in [1.165, 1.54) is 45.0 Å². The van der Waals surface area contributed by atoms with Gasteiger partial charge in [0.2, 0.25) is 12.4 Å². The molecule has 14 heteroatoms. The van der Waals surface area contributed by atoms with Crippen LogP contribution in [0, 0.1) is 0 Å². The third-order valence-corrected chi connectivity index (χ3v) is 11.1. The average Bonchev–Trinajstić information content (AvgIpc) is 4.04. The van der Waals surface area contributed by atoms with Gasteiger partial charge in [-0.25, -0.2) is 14.4 Å². The summed E-state index contributed by atoms with van der Waals surface area (Å²) in [5.41, 5.74) is -1.76. The van der Waals surface area contributed by atoms with Crippen molar-refractivity contribution in [3.05, 3.63) is 95.6 Å². The van der Waals surface area contributed by atoms with Crippen LogP contribution in [-0.2, 0) is 49.3 Å². The monoisotopic (exact) mass is 785 g/mol. The molecule has 57 heavy (non-hydrogen) atoms. The van der Waals surface area contributed by atoms with Crippen LogP contribution >= 0.6 is 0 Å². The Hall–Kier alpha value is -5.76. The molecule has 1 aliphatic carbocycles. The van der Waals surface area contributed by atoms with E-state index in [2.05, 4.69) is 11.0 Å². The molecule has 302 valence electrons. The van der Waals surface area contributed by atoms with Crippen molar-refractivity contribution in [2.75, 3.05) is 34.1 Å². The van der Waals surface area contributed by atoms with Gasteiger partial charge < -0.3 is 42.0 Å². The van der Waals surface area contributed by atoms with Gasteiger partial charge in [0, 0.05) is 18.7 Å². The van der Waals surface area contributed by atoms with E-state index in [9.17, 15) is 19.2 Å². The molecule has 5 heterocycles. The number of esters is 4. The number of nitrogens with zero attached hydrogens (tertiary/aromatic N) is 1. The fourth-order valence-electron chi connectivity index (χ4n) is 8.47. The number of carbonyl (C=O) groups is 4. The summed E-state index contributed by atoms with van der Waals surface area (Å²) in [5, 5.41) is 0. The number of carbonyl (C=O) groups excluding carboxylic acids is 4. The SMILES string of the molecule is COC(=O)C[C@@](CCCC(C)(C)OC(=O)/C=C/c1ccco1)(OC(=O)/C=C/c1ccco1)C(=O)O[C@@H]1C(OC)=C[C@]23CCCN2CCc2cc4c(cc2[C@H]13)OCO4. The normalized spacial score (nSPS) is 22.2. The molecule has 3 aromatic rings. The predicted molar refractivity (Wildman–Crippen MR) is 202 cm³/mol. The molecular weight excluding hydrogens is 738 g/mol. The number of hydrogen-bond acceptors (Lipinski definition) is 14. The van der Waals surface area contributed by atoms with Gasteiger partial charge in [-0.15, -0.1) is 0 Å². The second kappa shape index (κ2) is 16.4. The Morgan fingerprint density at radius 2 is 1.60 bits per heavy atom. The molecule has 2 aromatic heterocycles. The van der Waals surface area contributed by atoms with Gasteiger partial charge in [-0.05, 0) is 125 Å². The molecule has 4 atom stereocenters. The molecule has 0 bridgehead atoms. The summed E-state index contributed by atoms with van der Waals surface area (Å²) >= 11 is 0. The Morgan fingerprint density at radius 1 is 0.912 bits per heavy atom. The molecule has 1 fully saturated rings. The molecule has 3 aliphatic heterocycles. The van der Waals surface area contributed by atoms with Gasteiger partial charge >= 0.3 is 23.9 Å². The van der Waals surface area contributed by atoms with Crippen molar-refractivity contribution in [1.29, 1.82) is 0 Å². The summed E-state index contributed by atoms with van der Waals surface area (Å²) in [7, 11) is 2.71. The smallest absolute Gasteiger partial charge is 0.351 e. The molecule has 14 nitrogen and oxygen atoms in total. The topological polar surface area (TPSA) is 162 Å². The van der Waals surface area contributed by atoms with E-state index in [1.54, 1.807) is 38.1 Å². The van der Waals surface area contributed by atoms with Crippen molar-refractivity contribution in [3.8, 4) is 11.5 Å². The Kier molecular flexibility index (Phi) is 11.3. The van der Waals surface area contributed by atoms with Gasteiger partial charge in [-0.2, -0.15) is 0 Å². The van der Waals surface area contributed by atoms with Crippen molar-refractivity contribution >= 4 is 36.0 Å². The summed E-state index contributed by atoms with van der Waals surface area (Å²) in [6, 6.07) is 10.7. The summed E-state index contributed by atoms with van der Waals surface area (Å²) in [4.78, 5) is 56.9. The van der Waals surface area contributed by atoms with E-state index < -0.39 is 59.1 Å². The fraction of sp³-hybridized carbons (Fsp3) is 0.442. The number of methoxy groups -OCH3 is 2. The van der Waals surface area contributed by atoms with Crippen molar-refractivity contribution in [3.63, 3.8) is 0 Å². The maximum Gasteiger partial charge on any atom is 0.351 e. The maximum absolute atomic E-state index is 15.0. The molecule has 0 unspecified atom stereocenters. The first-order valence-corrected chi connectivity index (χ1v) is 19.1. The standard InChI is InChI=1S/C43H47NO13/c1-41(2,56-35(45)13-11-29-9-5-21-51-29)16-7-18-43(26-37(47)50-4,57-36(46)14-12-30-10-6-22-52-30)40(48)55-39-34(49-3)25-42-17-8-19-44(42)20-15-28-23-32-33(54-27-53-32)24-31(28)38(39)42/h5-6,9-14,21-25,38-39H,7-8,15-20,26-27H2,1-4H3/b13-11+,14-12+/t38-,39-,42+,43-/m1/s1. The Bertz CT molecular complexity index is 2050. The number of furan rings is 2. The van der Waals surface area contributed by atoms with Crippen LogP contribution in [0.15, 0.2) is 81.7 Å². The molecule has 7 rings (SSSR count). The van der Waals surface area contributed by atoms with E-state index in [-0.39, 0.29) is 26.1 Å². The minimum atomic E-state index is -2.16. The zero-order valence-corrected chi connectivity index (χ0v) is 32.5. The van der Waals surface area contributed by atoms with Crippen molar-refractivity contribution < 1.29 is 61.2 Å². The molecule has 1 spiro atoms. The maximum atomic E-state index is 15.0. The van der Waals surface area contributed by atoms with Crippen LogP contribution in [0.25, 0.3) is 12.2 Å². The van der Waals surface area contributed by atoms with Crippen LogP contribution in [-0.4, -0.2) is 85.7 Å². The predicted octanol–water partition coefficient (Wildman–Crippen LogP) is 6.30. The molecule has 4 aliphatic rings. The highest BCUT2D eigenvalue weighted by atomic mass is 16.7. The zero-order valence-electron chi connectivity index (χ0n) is 32.5. The van der Waals surface area contributed by atoms with Crippen LogP contribution in [0.2, 0.25) is 0 Å². The lowest BCUT2D eigenvalue weighted by molar-refractivity contribution is -0.190. The summed E-state index contributed by atoms with van der Waals surface area (Å²) in [6.45, 7) is 5.16. The lowest BCUT2D eigenvalue weighted by Gasteiger charge is -2.40. The highest BCUT2D eigenvalue weighted by molar-refractivity contribution is 5.93. The minimum absolute atomic E-state index is 0.105. The minimum Gasteiger partial charge on any atom is -0.497 e. The summed E-state index contributed by atoms with van der Waals surface area (Å²) in [6.07, 6.45) is 11.3. The first-order valence-electron chi connectivity index (χ1n) is 19.1. The van der Waals surface area contributed by atoms with E-state index in [0.717, 1.165) is 49.6 Å². The fourth-order valence-corrected chi connectivity index (χ4v) is 8.47. The van der Waals surface area contributed by atoms with Gasteiger partial charge in [-0.1, -0.05) is 0 Å². The second-order valence-electron chi connectivity index (χ2n) is 15.2. The van der Waals surface area contributed by atoms with Crippen LogP contribution in [0.5, 0.6) is 11.5 Å². The summed E-state index contributed by atoms with van der Waals surface area (Å²) < 4.78 is 51.4. The number of ether oxygens (including phenoxy) is 7. The van der Waals surface area contributed by atoms with Crippen molar-refractivity contribution in [2.24, 2.45) is 0 Å². The first kappa shape index (κ1) is 39.5. The lowest BCUT2D eigenvalue weighted by atomic mass is 9.77. The second-order valence-corrected chi connectivity index (χ2v) is 15.2. The summed E-state index contributed by atoms with van der Waals surface area (Å²) in [5.74, 6) is -1.15. The first-order chi connectivity index (χ1) is 27.4. The van der Waals surface area contributed by atoms with Gasteiger partial charge in [0.25, 0.3) is 0 Å². The van der Waals surface area contributed by atoms with Crippen LogP contribution in [0.1, 0.15) is 80.9 Å². The van der Waals surface area contributed by atoms with Gasteiger partial charge in [-0.3, -0.25) is 9.69 Å². The highest BCUT2D eigenvalue weighted by Crippen LogP contribution is 2.56. The number of benzene rings is 1. The molecule has 0 radical (unpaired) electrons. The van der Waals surface area contributed by atoms with Crippen molar-refractivity contribution in [2.45, 2.75) is 87.6 Å². The van der Waals surface area contributed by atoms with E-state index in [4.69, 9.17) is 42.0 Å². The van der Waals surface area contributed by atoms with E-state index in [1.807, 2.05) is 12.1 Å². The Balaban J connectivity index is 1.20. The highest BCUT2D eigenvalue weighted by Gasteiger charge is 2.59. The largest absolute Gasteiger partial charge is 0.497 e. The van der Waals surface area contributed by atoms with Crippen LogP contribution in [0.3, 0.4) is 0 Å². The van der Waals surface area contributed by atoms with Gasteiger partial charge in [0.05, 0.1) is 44.6 Å². The molecule has 0 amide bonds. The van der Waals surface area contributed by atoms with E-state index >= 15 is 0 Å². The van der Waals surface area contributed by atoms with Crippen LogP contribution < -0.4 is 9.47 Å².